The summed E-state index contributed by atoms with van der Waals surface area (Å²) in [5.41, 5.74) is -0.190. The summed E-state index contributed by atoms with van der Waals surface area (Å²) in [6.45, 7) is 3.05. The van der Waals surface area contributed by atoms with Crippen LogP contribution in [0.2, 0.25) is 0 Å². The molecule has 3 rings (SSSR count). The zero-order valence-corrected chi connectivity index (χ0v) is 14.6. The van der Waals surface area contributed by atoms with Gasteiger partial charge in [0.05, 0.1) is 12.1 Å². The Bertz CT molecular complexity index is 701. The van der Waals surface area contributed by atoms with Crippen molar-refractivity contribution in [2.45, 2.75) is 26.2 Å². The Labute approximate surface area is 146 Å². The van der Waals surface area contributed by atoms with Crippen molar-refractivity contribution in [1.82, 2.24) is 19.6 Å². The summed E-state index contributed by atoms with van der Waals surface area (Å²) in [4.78, 5) is 40.2. The normalized spacial score (nSPS) is 25.5. The highest BCUT2D eigenvalue weighted by molar-refractivity contribution is 5.94. The van der Waals surface area contributed by atoms with Crippen molar-refractivity contribution in [3.05, 3.63) is 18.0 Å². The van der Waals surface area contributed by atoms with E-state index in [1.54, 1.807) is 20.7 Å². The standard InChI is InChI=1S/C17H24N4O4/c1-3-6-20-10-17(16(24)25)11-21(9-13(17)15(20)23)14(22)5-4-12-7-18-19(2)8-12/h7-8,13H,3-6,9-11H2,1-2H3,(H,24,25)/t13-,17+/m1/s1. The average Bonchev–Trinajstić information content (AvgIpc) is 3.21. The van der Waals surface area contributed by atoms with Gasteiger partial charge < -0.3 is 14.9 Å². The number of aryl methyl sites for hydroxylation is 2. The summed E-state index contributed by atoms with van der Waals surface area (Å²) in [7, 11) is 1.82. The molecule has 25 heavy (non-hydrogen) atoms. The van der Waals surface area contributed by atoms with E-state index in [1.165, 1.54) is 0 Å². The minimum atomic E-state index is -1.16. The van der Waals surface area contributed by atoms with Crippen LogP contribution < -0.4 is 0 Å². The number of fused-ring (bicyclic) bond motifs is 1. The number of carbonyl (C=O) groups excluding carboxylic acids is 2. The highest BCUT2D eigenvalue weighted by Gasteiger charge is 2.62. The molecule has 1 N–H and O–H groups in total. The number of aliphatic carboxylic acids is 1. The number of nitrogens with zero attached hydrogens (tertiary/aromatic N) is 4. The largest absolute Gasteiger partial charge is 0.481 e. The first-order valence-electron chi connectivity index (χ1n) is 8.65. The Hall–Kier alpha value is -2.38. The number of rotatable bonds is 6. The van der Waals surface area contributed by atoms with Gasteiger partial charge in [-0.1, -0.05) is 6.92 Å². The third-order valence-electron chi connectivity index (χ3n) is 5.28. The summed E-state index contributed by atoms with van der Waals surface area (Å²) >= 11 is 0. The molecule has 2 aliphatic rings. The van der Waals surface area contributed by atoms with E-state index >= 15 is 0 Å². The maximum Gasteiger partial charge on any atom is 0.314 e. The molecule has 0 saturated carbocycles. The second-order valence-electron chi connectivity index (χ2n) is 7.07. The van der Waals surface area contributed by atoms with Gasteiger partial charge in [0.15, 0.2) is 0 Å². The molecule has 136 valence electrons. The molecule has 2 saturated heterocycles. The van der Waals surface area contributed by atoms with Crippen LogP contribution in [0.1, 0.15) is 25.3 Å². The van der Waals surface area contributed by atoms with Gasteiger partial charge in [-0.25, -0.2) is 0 Å². The van der Waals surface area contributed by atoms with E-state index in [0.29, 0.717) is 19.4 Å². The predicted octanol–water partition coefficient (Wildman–Crippen LogP) is 0.134. The molecule has 2 fully saturated rings. The number of hydrogen-bond acceptors (Lipinski definition) is 4. The van der Waals surface area contributed by atoms with E-state index in [4.69, 9.17) is 0 Å². The van der Waals surface area contributed by atoms with Crippen molar-refractivity contribution in [2.75, 3.05) is 26.2 Å². The van der Waals surface area contributed by atoms with Crippen LogP contribution in [0.25, 0.3) is 0 Å². The second-order valence-corrected chi connectivity index (χ2v) is 7.07. The van der Waals surface area contributed by atoms with E-state index < -0.39 is 17.3 Å². The first-order valence-corrected chi connectivity index (χ1v) is 8.65. The molecular weight excluding hydrogens is 324 g/mol. The number of amides is 2. The number of carbonyl (C=O) groups is 3. The average molecular weight is 348 g/mol. The number of aromatic nitrogens is 2. The molecule has 0 spiro atoms. The van der Waals surface area contributed by atoms with E-state index in [2.05, 4.69) is 5.10 Å². The fourth-order valence-electron chi connectivity index (χ4n) is 3.97. The van der Waals surface area contributed by atoms with Gasteiger partial charge >= 0.3 is 5.97 Å². The number of carboxylic acid groups (broad SMARTS) is 1. The zero-order chi connectivity index (χ0) is 18.2. The van der Waals surface area contributed by atoms with Crippen LogP contribution in [0, 0.1) is 11.3 Å². The molecule has 0 aromatic carbocycles. The molecule has 1 aromatic heterocycles. The number of hydrogen-bond donors (Lipinski definition) is 1. The van der Waals surface area contributed by atoms with Gasteiger partial charge in [0.2, 0.25) is 11.8 Å². The Morgan fingerprint density at radius 1 is 1.40 bits per heavy atom. The minimum Gasteiger partial charge on any atom is -0.481 e. The van der Waals surface area contributed by atoms with Gasteiger partial charge in [-0.05, 0) is 18.4 Å². The van der Waals surface area contributed by atoms with Crippen molar-refractivity contribution in [1.29, 1.82) is 0 Å². The third kappa shape index (κ3) is 3.01. The molecular formula is C17H24N4O4. The quantitative estimate of drug-likeness (QED) is 0.789. The van der Waals surface area contributed by atoms with Gasteiger partial charge in [0.1, 0.15) is 5.41 Å². The lowest BCUT2D eigenvalue weighted by Gasteiger charge is -2.25. The molecule has 0 radical (unpaired) electrons. The molecule has 1 aromatic rings. The lowest BCUT2D eigenvalue weighted by molar-refractivity contribution is -0.150. The van der Waals surface area contributed by atoms with Crippen LogP contribution >= 0.6 is 0 Å². The van der Waals surface area contributed by atoms with Crippen LogP contribution in [0.5, 0.6) is 0 Å². The smallest absolute Gasteiger partial charge is 0.314 e. The van der Waals surface area contributed by atoms with Crippen LogP contribution in [0.3, 0.4) is 0 Å². The third-order valence-corrected chi connectivity index (χ3v) is 5.28. The summed E-state index contributed by atoms with van der Waals surface area (Å²) in [5.74, 6) is -1.84. The molecule has 2 atom stereocenters. The van der Waals surface area contributed by atoms with E-state index in [-0.39, 0.29) is 31.4 Å². The van der Waals surface area contributed by atoms with E-state index in [9.17, 15) is 19.5 Å². The maximum atomic E-state index is 12.6. The summed E-state index contributed by atoms with van der Waals surface area (Å²) < 4.78 is 1.68. The molecule has 2 amide bonds. The van der Waals surface area contributed by atoms with Gasteiger partial charge in [-0.15, -0.1) is 0 Å². The van der Waals surface area contributed by atoms with Crippen molar-refractivity contribution in [3.63, 3.8) is 0 Å². The van der Waals surface area contributed by atoms with Crippen LogP contribution in [-0.2, 0) is 27.9 Å². The molecule has 8 heteroatoms. The molecule has 0 unspecified atom stereocenters. The van der Waals surface area contributed by atoms with Gasteiger partial charge in [-0.3, -0.25) is 19.1 Å². The fourth-order valence-corrected chi connectivity index (χ4v) is 3.97. The number of carboxylic acids is 1. The predicted molar refractivity (Wildman–Crippen MR) is 88.5 cm³/mol. The van der Waals surface area contributed by atoms with Crippen molar-refractivity contribution in [3.8, 4) is 0 Å². The SMILES string of the molecule is CCCN1C[C@]2(C(=O)O)CN(C(=O)CCc3cnn(C)c3)C[C@@H]2C1=O. The molecule has 3 heterocycles. The Kier molecular flexibility index (Phi) is 4.53. The van der Waals surface area contributed by atoms with Crippen LogP contribution in [0.15, 0.2) is 12.4 Å². The molecule has 8 nitrogen and oxygen atoms in total. The van der Waals surface area contributed by atoms with E-state index in [0.717, 1.165) is 12.0 Å². The lowest BCUT2D eigenvalue weighted by Crippen LogP contribution is -2.42. The van der Waals surface area contributed by atoms with Crippen LogP contribution in [-0.4, -0.2) is 68.6 Å². The summed E-state index contributed by atoms with van der Waals surface area (Å²) in [5, 5.41) is 13.8. The maximum absolute atomic E-state index is 12.6. The lowest BCUT2D eigenvalue weighted by atomic mass is 9.81. The van der Waals surface area contributed by atoms with Crippen molar-refractivity contribution < 1.29 is 19.5 Å². The Balaban J connectivity index is 1.67. The molecule has 0 aliphatic carbocycles. The van der Waals surface area contributed by atoms with Crippen molar-refractivity contribution in [2.24, 2.45) is 18.4 Å². The minimum absolute atomic E-state index is 0.103. The highest BCUT2D eigenvalue weighted by atomic mass is 16.4. The second kappa shape index (κ2) is 6.50. The number of likely N-dealkylation sites (tertiary alicyclic amines) is 2. The van der Waals surface area contributed by atoms with Gasteiger partial charge in [-0.2, -0.15) is 5.10 Å². The first-order chi connectivity index (χ1) is 11.9. The van der Waals surface area contributed by atoms with Gasteiger partial charge in [0.25, 0.3) is 0 Å². The van der Waals surface area contributed by atoms with Crippen molar-refractivity contribution >= 4 is 17.8 Å². The topological polar surface area (TPSA) is 95.7 Å². The summed E-state index contributed by atoms with van der Waals surface area (Å²) in [6.07, 6.45) is 5.22. The Morgan fingerprint density at radius 2 is 2.16 bits per heavy atom. The monoisotopic (exact) mass is 348 g/mol. The summed E-state index contributed by atoms with van der Waals surface area (Å²) in [6, 6.07) is 0. The molecule has 2 aliphatic heterocycles. The Morgan fingerprint density at radius 3 is 2.72 bits per heavy atom. The van der Waals surface area contributed by atoms with Crippen LogP contribution in [0.4, 0.5) is 0 Å². The van der Waals surface area contributed by atoms with E-state index in [1.807, 2.05) is 20.2 Å². The highest BCUT2D eigenvalue weighted by Crippen LogP contribution is 2.43. The molecule has 0 bridgehead atoms. The zero-order valence-electron chi connectivity index (χ0n) is 14.6. The fraction of sp³-hybridized carbons (Fsp3) is 0.647. The first kappa shape index (κ1) is 17.4. The van der Waals surface area contributed by atoms with Gasteiger partial charge in [0, 0.05) is 45.8 Å².